The fourth-order valence-corrected chi connectivity index (χ4v) is 3.80. The topological polar surface area (TPSA) is 61.4 Å². The van der Waals surface area contributed by atoms with Crippen LogP contribution in [0.2, 0.25) is 0 Å². The van der Waals surface area contributed by atoms with Crippen molar-refractivity contribution in [2.24, 2.45) is 10.8 Å². The zero-order valence-electron chi connectivity index (χ0n) is 16.2. The quantitative estimate of drug-likeness (QED) is 0.874. The Kier molecular flexibility index (Phi) is 5.37. The zero-order chi connectivity index (χ0) is 18.8. The van der Waals surface area contributed by atoms with Gasteiger partial charge in [0.2, 0.25) is 0 Å². The molecule has 2 amide bonds. The lowest BCUT2D eigenvalue weighted by atomic mass is 9.78. The number of nitrogens with zero attached hydrogens (tertiary/aromatic N) is 1. The SMILES string of the molecule is CC(C)(C)CNC(=O)c1ccc(C(=O)N2CCC3(CCNC3)CC2)cc1. The van der Waals surface area contributed by atoms with E-state index in [4.69, 9.17) is 0 Å². The van der Waals surface area contributed by atoms with E-state index < -0.39 is 0 Å². The summed E-state index contributed by atoms with van der Waals surface area (Å²) in [7, 11) is 0. The summed E-state index contributed by atoms with van der Waals surface area (Å²) in [5.41, 5.74) is 1.72. The molecular formula is C21H31N3O2. The van der Waals surface area contributed by atoms with Gasteiger partial charge in [0, 0.05) is 37.3 Å². The van der Waals surface area contributed by atoms with Crippen molar-refractivity contribution in [3.8, 4) is 0 Å². The Bertz CT molecular complexity index is 645. The molecule has 2 aliphatic rings. The molecule has 0 aliphatic carbocycles. The fourth-order valence-electron chi connectivity index (χ4n) is 3.80. The molecule has 0 aromatic heterocycles. The summed E-state index contributed by atoms with van der Waals surface area (Å²) in [6.45, 7) is 10.7. The van der Waals surface area contributed by atoms with E-state index >= 15 is 0 Å². The van der Waals surface area contributed by atoms with Crippen LogP contribution in [0.3, 0.4) is 0 Å². The Morgan fingerprint density at radius 3 is 2.23 bits per heavy atom. The average Bonchev–Trinajstić information content (AvgIpc) is 3.07. The molecule has 26 heavy (non-hydrogen) atoms. The predicted octanol–water partition coefficient (Wildman–Crippen LogP) is 2.68. The van der Waals surface area contributed by atoms with Gasteiger partial charge in [-0.05, 0) is 60.9 Å². The van der Waals surface area contributed by atoms with Crippen molar-refractivity contribution in [2.45, 2.75) is 40.0 Å². The number of hydrogen-bond donors (Lipinski definition) is 2. The van der Waals surface area contributed by atoms with Crippen molar-refractivity contribution < 1.29 is 9.59 Å². The number of carbonyl (C=O) groups is 2. The maximum Gasteiger partial charge on any atom is 0.253 e. The van der Waals surface area contributed by atoms with Crippen LogP contribution in [0.4, 0.5) is 0 Å². The molecule has 2 heterocycles. The third-order valence-corrected chi connectivity index (χ3v) is 5.62. The maximum absolute atomic E-state index is 12.8. The van der Waals surface area contributed by atoms with Crippen LogP contribution in [0.25, 0.3) is 0 Å². The van der Waals surface area contributed by atoms with Crippen molar-refractivity contribution in [3.05, 3.63) is 35.4 Å². The number of hydrogen-bond acceptors (Lipinski definition) is 3. The number of amides is 2. The van der Waals surface area contributed by atoms with Crippen LogP contribution in [-0.4, -0.2) is 49.4 Å². The van der Waals surface area contributed by atoms with E-state index in [1.54, 1.807) is 24.3 Å². The molecule has 2 aliphatic heterocycles. The van der Waals surface area contributed by atoms with Gasteiger partial charge in [-0.2, -0.15) is 0 Å². The monoisotopic (exact) mass is 357 g/mol. The van der Waals surface area contributed by atoms with Crippen molar-refractivity contribution in [3.63, 3.8) is 0 Å². The fraction of sp³-hybridized carbons (Fsp3) is 0.619. The molecule has 1 spiro atoms. The molecule has 5 nitrogen and oxygen atoms in total. The van der Waals surface area contributed by atoms with Gasteiger partial charge in [0.05, 0.1) is 0 Å². The molecule has 1 aromatic rings. The normalized spacial score (nSPS) is 19.6. The minimum Gasteiger partial charge on any atom is -0.352 e. The van der Waals surface area contributed by atoms with Crippen LogP contribution in [0, 0.1) is 10.8 Å². The lowest BCUT2D eigenvalue weighted by Crippen LogP contribution is -2.44. The van der Waals surface area contributed by atoms with Gasteiger partial charge in [-0.25, -0.2) is 0 Å². The average molecular weight is 357 g/mol. The highest BCUT2D eigenvalue weighted by molar-refractivity contribution is 5.97. The molecule has 142 valence electrons. The lowest BCUT2D eigenvalue weighted by Gasteiger charge is -2.38. The van der Waals surface area contributed by atoms with E-state index in [0.29, 0.717) is 23.1 Å². The maximum atomic E-state index is 12.8. The first-order valence-corrected chi connectivity index (χ1v) is 9.66. The Labute approximate surface area is 156 Å². The van der Waals surface area contributed by atoms with Gasteiger partial charge in [-0.1, -0.05) is 20.8 Å². The molecule has 1 aromatic carbocycles. The first-order chi connectivity index (χ1) is 12.3. The number of rotatable bonds is 3. The van der Waals surface area contributed by atoms with E-state index in [1.165, 1.54) is 6.42 Å². The number of benzene rings is 1. The van der Waals surface area contributed by atoms with E-state index in [2.05, 4.69) is 31.4 Å². The lowest BCUT2D eigenvalue weighted by molar-refractivity contribution is 0.0607. The van der Waals surface area contributed by atoms with Gasteiger partial charge in [0.25, 0.3) is 11.8 Å². The van der Waals surface area contributed by atoms with Crippen LogP contribution in [0.5, 0.6) is 0 Å². The van der Waals surface area contributed by atoms with E-state index in [0.717, 1.165) is 39.0 Å². The highest BCUT2D eigenvalue weighted by Gasteiger charge is 2.38. The minimum absolute atomic E-state index is 0.0476. The Morgan fingerprint density at radius 2 is 1.69 bits per heavy atom. The Balaban J connectivity index is 1.56. The van der Waals surface area contributed by atoms with E-state index in [9.17, 15) is 9.59 Å². The summed E-state index contributed by atoms with van der Waals surface area (Å²) in [5, 5.41) is 6.39. The van der Waals surface area contributed by atoms with Gasteiger partial charge in [0.1, 0.15) is 0 Å². The highest BCUT2D eigenvalue weighted by atomic mass is 16.2. The standard InChI is InChI=1S/C21H31N3O2/c1-20(2,3)14-23-18(25)16-4-6-17(7-5-16)19(26)24-12-9-21(10-13-24)8-11-22-15-21/h4-7,22H,8-15H2,1-3H3,(H,23,25). The smallest absolute Gasteiger partial charge is 0.253 e. The second-order valence-electron chi connectivity index (χ2n) is 9.04. The molecule has 0 saturated carbocycles. The number of nitrogens with one attached hydrogen (secondary N) is 2. The Hall–Kier alpha value is -1.88. The summed E-state index contributed by atoms with van der Waals surface area (Å²) in [6, 6.07) is 7.04. The molecule has 0 atom stereocenters. The predicted molar refractivity (Wildman–Crippen MR) is 103 cm³/mol. The molecule has 0 bridgehead atoms. The third-order valence-electron chi connectivity index (χ3n) is 5.62. The summed E-state index contributed by atoms with van der Waals surface area (Å²) >= 11 is 0. The first kappa shape index (κ1) is 18.9. The third kappa shape index (κ3) is 4.44. The molecule has 3 rings (SSSR count). The second-order valence-corrected chi connectivity index (χ2v) is 9.04. The summed E-state index contributed by atoms with van der Waals surface area (Å²) < 4.78 is 0. The minimum atomic E-state index is -0.0902. The summed E-state index contributed by atoms with van der Waals surface area (Å²) in [4.78, 5) is 26.9. The van der Waals surface area contributed by atoms with Crippen molar-refractivity contribution in [1.82, 2.24) is 15.5 Å². The van der Waals surface area contributed by atoms with Crippen LogP contribution in [0.1, 0.15) is 60.7 Å². The largest absolute Gasteiger partial charge is 0.352 e. The van der Waals surface area contributed by atoms with Gasteiger partial charge in [-0.15, -0.1) is 0 Å². The molecule has 2 fully saturated rings. The van der Waals surface area contributed by atoms with Gasteiger partial charge >= 0.3 is 0 Å². The number of carbonyl (C=O) groups excluding carboxylic acids is 2. The molecule has 5 heteroatoms. The molecule has 0 radical (unpaired) electrons. The molecule has 2 saturated heterocycles. The second kappa shape index (κ2) is 7.39. The van der Waals surface area contributed by atoms with Crippen LogP contribution in [-0.2, 0) is 0 Å². The first-order valence-electron chi connectivity index (χ1n) is 9.66. The van der Waals surface area contributed by atoms with Crippen LogP contribution in [0.15, 0.2) is 24.3 Å². The van der Waals surface area contributed by atoms with Crippen molar-refractivity contribution >= 4 is 11.8 Å². The molecule has 2 N–H and O–H groups in total. The number of piperidine rings is 1. The summed E-state index contributed by atoms with van der Waals surface area (Å²) in [5.74, 6) is -0.0139. The van der Waals surface area contributed by atoms with Gasteiger partial charge in [0.15, 0.2) is 0 Å². The van der Waals surface area contributed by atoms with E-state index in [-0.39, 0.29) is 17.2 Å². The molecular weight excluding hydrogens is 326 g/mol. The highest BCUT2D eigenvalue weighted by Crippen LogP contribution is 2.37. The van der Waals surface area contributed by atoms with Crippen molar-refractivity contribution in [1.29, 1.82) is 0 Å². The Morgan fingerprint density at radius 1 is 1.08 bits per heavy atom. The van der Waals surface area contributed by atoms with Crippen molar-refractivity contribution in [2.75, 3.05) is 32.7 Å². The number of likely N-dealkylation sites (tertiary alicyclic amines) is 1. The van der Waals surface area contributed by atoms with Crippen LogP contribution >= 0.6 is 0 Å². The van der Waals surface area contributed by atoms with E-state index in [1.807, 2.05) is 4.90 Å². The van der Waals surface area contributed by atoms with Gasteiger partial charge in [-0.3, -0.25) is 9.59 Å². The zero-order valence-corrected chi connectivity index (χ0v) is 16.2. The summed E-state index contributed by atoms with van der Waals surface area (Å²) in [6.07, 6.45) is 3.39. The van der Waals surface area contributed by atoms with Crippen LogP contribution < -0.4 is 10.6 Å². The molecule has 0 unspecified atom stereocenters. The van der Waals surface area contributed by atoms with Gasteiger partial charge < -0.3 is 15.5 Å².